The lowest BCUT2D eigenvalue weighted by molar-refractivity contribution is -0.137. The van der Waals surface area contributed by atoms with Crippen LogP contribution in [0.3, 0.4) is 0 Å². The average Bonchev–Trinajstić information content (AvgIpc) is 2.84. The number of ketones is 1. The molecule has 0 atom stereocenters. The van der Waals surface area contributed by atoms with Crippen LogP contribution in [0.4, 0.5) is 0 Å². The van der Waals surface area contributed by atoms with Crippen LogP contribution in [0.1, 0.15) is 22.3 Å². The van der Waals surface area contributed by atoms with Crippen LogP contribution < -0.4 is 9.47 Å². The molecule has 5 nitrogen and oxygen atoms in total. The Labute approximate surface area is 132 Å². The fourth-order valence-electron chi connectivity index (χ4n) is 2.24. The van der Waals surface area contributed by atoms with Crippen LogP contribution in [0.2, 0.25) is 0 Å². The monoisotopic (exact) mass is 310 g/mol. The van der Waals surface area contributed by atoms with Gasteiger partial charge in [-0.05, 0) is 35.9 Å². The summed E-state index contributed by atoms with van der Waals surface area (Å²) >= 11 is 0. The molecular formula is C18H14O5. The minimum absolute atomic E-state index is 0.0672. The lowest BCUT2D eigenvalue weighted by Crippen LogP contribution is -2.04. The number of para-hydroxylation sites is 1. The van der Waals surface area contributed by atoms with E-state index in [4.69, 9.17) is 14.6 Å². The maximum atomic E-state index is 12.2. The molecule has 0 saturated carbocycles. The second-order valence-corrected chi connectivity index (χ2v) is 5.00. The van der Waals surface area contributed by atoms with Crippen molar-refractivity contribution in [2.24, 2.45) is 0 Å². The van der Waals surface area contributed by atoms with Gasteiger partial charge in [-0.3, -0.25) is 9.59 Å². The normalized spacial score (nSPS) is 14.4. The molecule has 3 rings (SSSR count). The van der Waals surface area contributed by atoms with E-state index < -0.39 is 5.97 Å². The minimum atomic E-state index is -0.911. The van der Waals surface area contributed by atoms with E-state index in [-0.39, 0.29) is 24.6 Å². The Morgan fingerprint density at radius 1 is 1.17 bits per heavy atom. The SMILES string of the molecule is O=C(O)CCOc1cccc(/C=C2/Oc3ccccc3C2=O)c1. The number of carboxylic acids is 1. The third-order valence-corrected chi connectivity index (χ3v) is 3.32. The minimum Gasteiger partial charge on any atom is -0.493 e. The zero-order valence-corrected chi connectivity index (χ0v) is 12.2. The van der Waals surface area contributed by atoms with Gasteiger partial charge in [0.2, 0.25) is 5.78 Å². The Morgan fingerprint density at radius 2 is 2.00 bits per heavy atom. The zero-order chi connectivity index (χ0) is 16.2. The molecule has 0 bridgehead atoms. The summed E-state index contributed by atoms with van der Waals surface area (Å²) in [6, 6.07) is 14.1. The second-order valence-electron chi connectivity index (χ2n) is 5.00. The van der Waals surface area contributed by atoms with Crippen molar-refractivity contribution < 1.29 is 24.2 Å². The summed E-state index contributed by atoms with van der Waals surface area (Å²) in [6.45, 7) is 0.0935. The van der Waals surface area contributed by atoms with E-state index in [0.717, 1.165) is 5.56 Å². The maximum Gasteiger partial charge on any atom is 0.306 e. The molecule has 5 heteroatoms. The molecule has 1 N–H and O–H groups in total. The Morgan fingerprint density at radius 3 is 2.78 bits per heavy atom. The van der Waals surface area contributed by atoms with Gasteiger partial charge in [-0.1, -0.05) is 24.3 Å². The predicted molar refractivity (Wildman–Crippen MR) is 83.6 cm³/mol. The number of ether oxygens (including phenoxy) is 2. The Balaban J connectivity index is 1.76. The molecule has 23 heavy (non-hydrogen) atoms. The molecule has 0 saturated heterocycles. The quantitative estimate of drug-likeness (QED) is 0.859. The summed E-state index contributed by atoms with van der Waals surface area (Å²) in [5.74, 6) is 0.291. The first-order chi connectivity index (χ1) is 11.1. The molecule has 0 amide bonds. The first-order valence-corrected chi connectivity index (χ1v) is 7.11. The highest BCUT2D eigenvalue weighted by molar-refractivity contribution is 6.14. The van der Waals surface area contributed by atoms with Crippen molar-refractivity contribution in [2.45, 2.75) is 6.42 Å². The fraction of sp³-hybridized carbons (Fsp3) is 0.111. The van der Waals surface area contributed by atoms with E-state index in [1.165, 1.54) is 0 Å². The number of hydrogen-bond acceptors (Lipinski definition) is 4. The number of allylic oxidation sites excluding steroid dienone is 1. The highest BCUT2D eigenvalue weighted by atomic mass is 16.5. The average molecular weight is 310 g/mol. The topological polar surface area (TPSA) is 72.8 Å². The first kappa shape index (κ1) is 14.8. The van der Waals surface area contributed by atoms with Gasteiger partial charge in [-0.2, -0.15) is 0 Å². The van der Waals surface area contributed by atoms with Crippen molar-refractivity contribution in [3.05, 3.63) is 65.4 Å². The number of carboxylic acid groups (broad SMARTS) is 1. The summed E-state index contributed by atoms with van der Waals surface area (Å²) in [6.07, 6.45) is 1.58. The van der Waals surface area contributed by atoms with Gasteiger partial charge in [0, 0.05) is 0 Å². The van der Waals surface area contributed by atoms with E-state index >= 15 is 0 Å². The largest absolute Gasteiger partial charge is 0.493 e. The molecule has 116 valence electrons. The molecule has 0 spiro atoms. The van der Waals surface area contributed by atoms with Crippen LogP contribution in [0.15, 0.2) is 54.3 Å². The van der Waals surface area contributed by atoms with Crippen LogP contribution in [0.25, 0.3) is 6.08 Å². The smallest absolute Gasteiger partial charge is 0.306 e. The lowest BCUT2D eigenvalue weighted by Gasteiger charge is -2.05. The molecule has 0 radical (unpaired) electrons. The van der Waals surface area contributed by atoms with E-state index in [0.29, 0.717) is 17.1 Å². The third-order valence-electron chi connectivity index (χ3n) is 3.32. The first-order valence-electron chi connectivity index (χ1n) is 7.11. The van der Waals surface area contributed by atoms with Crippen LogP contribution >= 0.6 is 0 Å². The highest BCUT2D eigenvalue weighted by Gasteiger charge is 2.26. The third kappa shape index (κ3) is 3.40. The molecule has 0 fully saturated rings. The molecule has 0 unspecified atom stereocenters. The molecule has 1 aliphatic heterocycles. The Kier molecular flexibility index (Phi) is 4.10. The van der Waals surface area contributed by atoms with Crippen molar-refractivity contribution in [3.63, 3.8) is 0 Å². The summed E-state index contributed by atoms with van der Waals surface area (Å²) in [4.78, 5) is 22.7. The molecule has 2 aromatic rings. The molecular weight excluding hydrogens is 296 g/mol. The molecule has 0 aliphatic carbocycles. The van der Waals surface area contributed by atoms with E-state index in [1.807, 2.05) is 12.1 Å². The van der Waals surface area contributed by atoms with Gasteiger partial charge in [0.1, 0.15) is 11.5 Å². The van der Waals surface area contributed by atoms with Gasteiger partial charge in [-0.25, -0.2) is 0 Å². The van der Waals surface area contributed by atoms with E-state index in [2.05, 4.69) is 0 Å². The summed E-state index contributed by atoms with van der Waals surface area (Å²) in [5, 5.41) is 8.61. The number of rotatable bonds is 5. The molecule has 1 aliphatic rings. The number of carbonyl (C=O) groups excluding carboxylic acids is 1. The van der Waals surface area contributed by atoms with E-state index in [9.17, 15) is 9.59 Å². The number of Topliss-reactive ketones (excluding diaryl/α,β-unsaturated/α-hetero) is 1. The predicted octanol–water partition coefficient (Wildman–Crippen LogP) is 3.16. The van der Waals surface area contributed by atoms with Crippen LogP contribution in [-0.2, 0) is 4.79 Å². The van der Waals surface area contributed by atoms with Gasteiger partial charge in [0.25, 0.3) is 0 Å². The summed E-state index contributed by atoms with van der Waals surface area (Å²) in [5.41, 5.74) is 1.29. The van der Waals surface area contributed by atoms with Gasteiger partial charge < -0.3 is 14.6 Å². The van der Waals surface area contributed by atoms with Crippen LogP contribution in [0, 0.1) is 0 Å². The summed E-state index contributed by atoms with van der Waals surface area (Å²) < 4.78 is 10.9. The van der Waals surface area contributed by atoms with E-state index in [1.54, 1.807) is 42.5 Å². The van der Waals surface area contributed by atoms with Gasteiger partial charge >= 0.3 is 5.97 Å². The van der Waals surface area contributed by atoms with Gasteiger partial charge in [0.05, 0.1) is 18.6 Å². The van der Waals surface area contributed by atoms with Crippen LogP contribution in [-0.4, -0.2) is 23.5 Å². The second kappa shape index (κ2) is 6.36. The molecule has 0 aromatic heterocycles. The number of carbonyl (C=O) groups is 2. The number of hydrogen-bond donors (Lipinski definition) is 1. The number of fused-ring (bicyclic) bond motifs is 1. The molecule has 1 heterocycles. The van der Waals surface area contributed by atoms with Gasteiger partial charge in [-0.15, -0.1) is 0 Å². The highest BCUT2D eigenvalue weighted by Crippen LogP contribution is 2.31. The Bertz CT molecular complexity index is 792. The zero-order valence-electron chi connectivity index (χ0n) is 12.2. The molecule has 2 aromatic carbocycles. The van der Waals surface area contributed by atoms with Crippen molar-refractivity contribution in [1.82, 2.24) is 0 Å². The standard InChI is InChI=1S/C18H14O5/c19-17(20)8-9-22-13-5-3-4-12(10-13)11-16-18(21)14-6-1-2-7-15(14)23-16/h1-7,10-11H,8-9H2,(H,19,20)/b16-11+. The lowest BCUT2D eigenvalue weighted by atomic mass is 10.1. The van der Waals surface area contributed by atoms with Crippen molar-refractivity contribution >= 4 is 17.8 Å². The number of aliphatic carboxylic acids is 1. The van der Waals surface area contributed by atoms with Crippen molar-refractivity contribution in [3.8, 4) is 11.5 Å². The number of benzene rings is 2. The van der Waals surface area contributed by atoms with Gasteiger partial charge in [0.15, 0.2) is 5.76 Å². The summed E-state index contributed by atoms with van der Waals surface area (Å²) in [7, 11) is 0. The van der Waals surface area contributed by atoms with Crippen LogP contribution in [0.5, 0.6) is 11.5 Å². The van der Waals surface area contributed by atoms with Crippen molar-refractivity contribution in [1.29, 1.82) is 0 Å². The van der Waals surface area contributed by atoms with Crippen molar-refractivity contribution in [2.75, 3.05) is 6.61 Å². The fourth-order valence-corrected chi connectivity index (χ4v) is 2.24. The Hall–Kier alpha value is -3.08. The maximum absolute atomic E-state index is 12.2.